The highest BCUT2D eigenvalue weighted by Crippen LogP contribution is 2.28. The van der Waals surface area contributed by atoms with Gasteiger partial charge in [-0.2, -0.15) is 0 Å². The zero-order valence-corrected chi connectivity index (χ0v) is 11.5. The third kappa shape index (κ3) is 1.93. The summed E-state index contributed by atoms with van der Waals surface area (Å²) in [4.78, 5) is 3.66. The van der Waals surface area contributed by atoms with Gasteiger partial charge in [-0.1, -0.05) is 48.5 Å². The molecule has 1 aliphatic heterocycles. The Balaban J connectivity index is 1.75. The molecule has 3 aromatic rings. The number of quaternary nitrogens is 1. The summed E-state index contributed by atoms with van der Waals surface area (Å²) < 4.78 is 0. The van der Waals surface area contributed by atoms with E-state index in [9.17, 15) is 0 Å². The number of hydrogen-bond acceptors (Lipinski definition) is 0. The Morgan fingerprint density at radius 2 is 1.80 bits per heavy atom. The molecular weight excluding hydrogens is 244 g/mol. The fourth-order valence-electron chi connectivity index (χ4n) is 3.41. The quantitative estimate of drug-likeness (QED) is 0.712. The van der Waals surface area contributed by atoms with Crippen LogP contribution in [0.25, 0.3) is 10.9 Å². The Morgan fingerprint density at radius 3 is 2.70 bits per heavy atom. The van der Waals surface area contributed by atoms with Crippen LogP contribution in [0, 0.1) is 0 Å². The molecule has 20 heavy (non-hydrogen) atoms. The van der Waals surface area contributed by atoms with Crippen molar-refractivity contribution in [2.75, 3.05) is 6.54 Å². The van der Waals surface area contributed by atoms with Crippen LogP contribution < -0.4 is 5.32 Å². The zero-order valence-electron chi connectivity index (χ0n) is 11.5. The summed E-state index contributed by atoms with van der Waals surface area (Å²) in [6.07, 6.45) is 2.27. The monoisotopic (exact) mass is 263 g/mol. The SMILES string of the molecule is c1ccc(C[C@@H]2[NH2+]CCc3c2[nH]c2ccccc32)cc1. The van der Waals surface area contributed by atoms with Crippen LogP contribution in [-0.2, 0) is 12.8 Å². The van der Waals surface area contributed by atoms with E-state index in [1.165, 1.54) is 40.7 Å². The van der Waals surface area contributed by atoms with Crippen LogP contribution in [0.2, 0.25) is 0 Å². The van der Waals surface area contributed by atoms with E-state index in [4.69, 9.17) is 0 Å². The number of nitrogens with one attached hydrogen (secondary N) is 1. The van der Waals surface area contributed by atoms with Gasteiger partial charge in [0.05, 0.1) is 12.2 Å². The minimum absolute atomic E-state index is 0.522. The van der Waals surface area contributed by atoms with Crippen molar-refractivity contribution in [2.24, 2.45) is 0 Å². The molecule has 0 aliphatic carbocycles. The Labute approximate surface area is 118 Å². The van der Waals surface area contributed by atoms with Gasteiger partial charge in [0.15, 0.2) is 0 Å². The van der Waals surface area contributed by atoms with Crippen molar-refractivity contribution in [2.45, 2.75) is 18.9 Å². The van der Waals surface area contributed by atoms with Crippen LogP contribution in [0.15, 0.2) is 54.6 Å². The molecule has 2 heteroatoms. The molecular formula is C18H19N2+. The van der Waals surface area contributed by atoms with Crippen LogP contribution in [0.4, 0.5) is 0 Å². The molecule has 4 rings (SSSR count). The summed E-state index contributed by atoms with van der Waals surface area (Å²) in [5.74, 6) is 0. The molecule has 1 atom stereocenters. The normalized spacial score (nSPS) is 18.1. The van der Waals surface area contributed by atoms with Crippen LogP contribution >= 0.6 is 0 Å². The first-order chi connectivity index (χ1) is 9.92. The van der Waals surface area contributed by atoms with E-state index in [2.05, 4.69) is 64.9 Å². The van der Waals surface area contributed by atoms with E-state index >= 15 is 0 Å². The number of fused-ring (bicyclic) bond motifs is 3. The molecule has 2 nitrogen and oxygen atoms in total. The van der Waals surface area contributed by atoms with Gasteiger partial charge in [-0.25, -0.2) is 0 Å². The lowest BCUT2D eigenvalue weighted by Gasteiger charge is -2.21. The molecule has 0 saturated heterocycles. The molecule has 0 spiro atoms. The molecule has 0 fully saturated rings. The molecule has 0 radical (unpaired) electrons. The van der Waals surface area contributed by atoms with Crippen LogP contribution in [0.5, 0.6) is 0 Å². The maximum atomic E-state index is 3.66. The molecule has 0 unspecified atom stereocenters. The van der Waals surface area contributed by atoms with E-state index in [0.29, 0.717) is 6.04 Å². The average molecular weight is 263 g/mol. The number of nitrogens with two attached hydrogens (primary N) is 1. The number of rotatable bonds is 2. The Bertz CT molecular complexity index is 728. The third-order valence-corrected chi connectivity index (χ3v) is 4.36. The van der Waals surface area contributed by atoms with E-state index in [1.807, 2.05) is 0 Å². The van der Waals surface area contributed by atoms with E-state index in [1.54, 1.807) is 0 Å². The minimum Gasteiger partial charge on any atom is -0.353 e. The summed E-state index contributed by atoms with van der Waals surface area (Å²) in [7, 11) is 0. The highest BCUT2D eigenvalue weighted by atomic mass is 15.0. The molecule has 100 valence electrons. The lowest BCUT2D eigenvalue weighted by Crippen LogP contribution is -2.87. The molecule has 2 heterocycles. The second-order valence-corrected chi connectivity index (χ2v) is 5.63. The van der Waals surface area contributed by atoms with Crippen molar-refractivity contribution in [1.29, 1.82) is 0 Å². The van der Waals surface area contributed by atoms with Crippen LogP contribution in [-0.4, -0.2) is 11.5 Å². The topological polar surface area (TPSA) is 32.4 Å². The Morgan fingerprint density at radius 1 is 1.00 bits per heavy atom. The van der Waals surface area contributed by atoms with Gasteiger partial charge in [0.25, 0.3) is 0 Å². The van der Waals surface area contributed by atoms with Crippen LogP contribution in [0.1, 0.15) is 22.9 Å². The summed E-state index contributed by atoms with van der Waals surface area (Å²) in [5, 5.41) is 3.89. The largest absolute Gasteiger partial charge is 0.353 e. The van der Waals surface area contributed by atoms with Gasteiger partial charge in [-0.05, 0) is 17.2 Å². The first-order valence-electron chi connectivity index (χ1n) is 7.38. The lowest BCUT2D eigenvalue weighted by molar-refractivity contribution is -0.699. The maximum absolute atomic E-state index is 3.66. The minimum atomic E-state index is 0.522. The molecule has 3 N–H and O–H groups in total. The smallest absolute Gasteiger partial charge is 0.131 e. The van der Waals surface area contributed by atoms with Gasteiger partial charge in [0.2, 0.25) is 0 Å². The number of aromatic nitrogens is 1. The predicted molar refractivity (Wildman–Crippen MR) is 81.7 cm³/mol. The maximum Gasteiger partial charge on any atom is 0.131 e. The molecule has 1 aromatic heterocycles. The lowest BCUT2D eigenvalue weighted by atomic mass is 9.95. The van der Waals surface area contributed by atoms with Crippen LogP contribution in [0.3, 0.4) is 0 Å². The summed E-state index contributed by atoms with van der Waals surface area (Å²) in [6, 6.07) is 20.0. The van der Waals surface area contributed by atoms with Gasteiger partial charge < -0.3 is 10.3 Å². The van der Waals surface area contributed by atoms with E-state index < -0.39 is 0 Å². The van der Waals surface area contributed by atoms with Gasteiger partial charge >= 0.3 is 0 Å². The van der Waals surface area contributed by atoms with Crippen molar-refractivity contribution < 1.29 is 5.32 Å². The molecule has 1 aliphatic rings. The van der Waals surface area contributed by atoms with Gasteiger partial charge in [0, 0.05) is 23.7 Å². The first-order valence-corrected chi connectivity index (χ1v) is 7.38. The zero-order chi connectivity index (χ0) is 13.4. The average Bonchev–Trinajstić information content (AvgIpc) is 2.88. The number of benzene rings is 2. The molecule has 0 saturated carbocycles. The highest BCUT2D eigenvalue weighted by Gasteiger charge is 2.26. The molecule has 0 amide bonds. The van der Waals surface area contributed by atoms with Crippen molar-refractivity contribution in [3.8, 4) is 0 Å². The van der Waals surface area contributed by atoms with E-state index in [0.717, 1.165) is 6.42 Å². The second kappa shape index (κ2) is 4.80. The van der Waals surface area contributed by atoms with Gasteiger partial charge in [-0.15, -0.1) is 0 Å². The number of hydrogen-bond donors (Lipinski definition) is 2. The predicted octanol–water partition coefficient (Wildman–Crippen LogP) is 2.57. The van der Waals surface area contributed by atoms with E-state index in [-0.39, 0.29) is 0 Å². The van der Waals surface area contributed by atoms with Crippen molar-refractivity contribution >= 4 is 10.9 Å². The Kier molecular flexibility index (Phi) is 2.82. The first kappa shape index (κ1) is 11.7. The summed E-state index contributed by atoms with van der Waals surface area (Å²) >= 11 is 0. The number of para-hydroxylation sites is 1. The summed E-state index contributed by atoms with van der Waals surface area (Å²) in [5.41, 5.74) is 5.66. The van der Waals surface area contributed by atoms with Crippen molar-refractivity contribution in [3.63, 3.8) is 0 Å². The molecule has 2 aromatic carbocycles. The second-order valence-electron chi connectivity index (χ2n) is 5.63. The number of H-pyrrole nitrogens is 1. The van der Waals surface area contributed by atoms with Crippen molar-refractivity contribution in [3.05, 3.63) is 71.4 Å². The highest BCUT2D eigenvalue weighted by molar-refractivity contribution is 5.84. The number of aromatic amines is 1. The van der Waals surface area contributed by atoms with Gasteiger partial charge in [-0.3, -0.25) is 0 Å². The third-order valence-electron chi connectivity index (χ3n) is 4.36. The van der Waals surface area contributed by atoms with Crippen molar-refractivity contribution in [1.82, 2.24) is 4.98 Å². The standard InChI is InChI=1S/C18H18N2/c1-2-6-13(7-3-1)12-17-18-15(10-11-19-17)14-8-4-5-9-16(14)20-18/h1-9,17,19-20H,10-12H2/p+1/t17-/m0/s1. The molecule has 0 bridgehead atoms. The van der Waals surface area contributed by atoms with Gasteiger partial charge in [0.1, 0.15) is 6.04 Å². The summed E-state index contributed by atoms with van der Waals surface area (Å²) in [6.45, 7) is 1.19. The Hall–Kier alpha value is -2.06. The fourth-order valence-corrected chi connectivity index (χ4v) is 3.41. The fraction of sp³-hybridized carbons (Fsp3) is 0.222.